The lowest BCUT2D eigenvalue weighted by molar-refractivity contribution is -0.117. The van der Waals surface area contributed by atoms with Crippen molar-refractivity contribution in [3.05, 3.63) is 45.0 Å². The molecule has 1 aliphatic heterocycles. The average Bonchev–Trinajstić information content (AvgIpc) is 2.55. The van der Waals surface area contributed by atoms with Gasteiger partial charge in [-0.25, -0.2) is 0 Å². The summed E-state index contributed by atoms with van der Waals surface area (Å²) < 4.78 is 11.2. The first-order chi connectivity index (χ1) is 11.9. The van der Waals surface area contributed by atoms with E-state index in [0.29, 0.717) is 34.2 Å². The summed E-state index contributed by atoms with van der Waals surface area (Å²) in [5.41, 5.74) is 7.22. The number of rotatable bonds is 2. The maximum atomic E-state index is 12.7. The predicted molar refractivity (Wildman–Crippen MR) is 93.4 cm³/mol. The Morgan fingerprint density at radius 2 is 2.16 bits per heavy atom. The number of hydrogen-bond acceptors (Lipinski definition) is 6. The van der Waals surface area contributed by atoms with Gasteiger partial charge in [0.15, 0.2) is 17.3 Å². The van der Waals surface area contributed by atoms with E-state index in [1.165, 1.54) is 7.11 Å². The Kier molecular flexibility index (Phi) is 4.48. The van der Waals surface area contributed by atoms with Crippen LogP contribution in [0.3, 0.4) is 0 Å². The number of ether oxygens (including phenoxy) is 2. The first-order valence-electron chi connectivity index (χ1n) is 7.77. The van der Waals surface area contributed by atoms with E-state index in [2.05, 4.69) is 22.0 Å². The zero-order valence-corrected chi connectivity index (χ0v) is 15.4. The highest BCUT2D eigenvalue weighted by atomic mass is 79.9. The number of nitriles is 1. The molecule has 0 radical (unpaired) electrons. The smallest absolute Gasteiger partial charge is 0.205 e. The van der Waals surface area contributed by atoms with E-state index in [1.807, 2.05) is 6.92 Å². The largest absolute Gasteiger partial charge is 0.503 e. The number of benzene rings is 1. The third-order valence-corrected chi connectivity index (χ3v) is 5.07. The number of carbonyl (C=O) groups excluding carboxylic acids is 1. The number of allylic oxidation sites excluding steroid dienone is 3. The molecule has 2 atom stereocenters. The lowest BCUT2D eigenvalue weighted by atomic mass is 9.75. The van der Waals surface area contributed by atoms with Gasteiger partial charge in [0.05, 0.1) is 17.5 Å². The zero-order chi connectivity index (χ0) is 18.3. The van der Waals surface area contributed by atoms with Crippen LogP contribution in [0.25, 0.3) is 0 Å². The summed E-state index contributed by atoms with van der Waals surface area (Å²) in [5.74, 6) is 0.188. The first kappa shape index (κ1) is 17.4. The van der Waals surface area contributed by atoms with E-state index in [-0.39, 0.29) is 34.7 Å². The molecule has 0 saturated carbocycles. The molecule has 3 N–H and O–H groups in total. The lowest BCUT2D eigenvalue weighted by Gasteiger charge is -2.33. The topological polar surface area (TPSA) is 106 Å². The van der Waals surface area contributed by atoms with Gasteiger partial charge in [0.25, 0.3) is 0 Å². The Bertz CT molecular complexity index is 867. The van der Waals surface area contributed by atoms with E-state index >= 15 is 0 Å². The van der Waals surface area contributed by atoms with Gasteiger partial charge in [0, 0.05) is 18.4 Å². The van der Waals surface area contributed by atoms with Crippen LogP contribution in [0.5, 0.6) is 11.5 Å². The van der Waals surface area contributed by atoms with Crippen molar-refractivity contribution >= 4 is 21.7 Å². The molecule has 1 aromatic carbocycles. The third-order valence-electron chi connectivity index (χ3n) is 4.47. The van der Waals surface area contributed by atoms with Gasteiger partial charge in [-0.1, -0.05) is 6.92 Å². The number of phenols is 1. The van der Waals surface area contributed by atoms with E-state index < -0.39 is 5.92 Å². The Morgan fingerprint density at radius 1 is 1.44 bits per heavy atom. The van der Waals surface area contributed by atoms with Crippen LogP contribution >= 0.6 is 15.9 Å². The van der Waals surface area contributed by atoms with Crippen LogP contribution in [0, 0.1) is 17.2 Å². The average molecular weight is 405 g/mol. The van der Waals surface area contributed by atoms with Crippen LogP contribution in [-0.2, 0) is 9.53 Å². The number of nitrogens with zero attached hydrogens (tertiary/aromatic N) is 1. The van der Waals surface area contributed by atoms with Gasteiger partial charge in [-0.15, -0.1) is 0 Å². The fraction of sp³-hybridized carbons (Fsp3) is 0.333. The van der Waals surface area contributed by atoms with Crippen molar-refractivity contribution in [2.45, 2.75) is 25.7 Å². The molecule has 0 amide bonds. The van der Waals surface area contributed by atoms with Gasteiger partial charge >= 0.3 is 0 Å². The highest BCUT2D eigenvalue weighted by molar-refractivity contribution is 9.10. The SMILES string of the molecule is COc1cc([C@H]2C(C#N)=C(N)OC3=C2C(=O)C[C@H](C)C3)cc(Br)c1O. The molecule has 3 rings (SSSR count). The molecule has 25 heavy (non-hydrogen) atoms. The van der Waals surface area contributed by atoms with Crippen LogP contribution in [-0.4, -0.2) is 18.0 Å². The minimum absolute atomic E-state index is 0.0105. The Labute approximate surface area is 153 Å². The van der Waals surface area contributed by atoms with E-state index in [9.17, 15) is 15.2 Å². The second kappa shape index (κ2) is 6.45. The number of phenolic OH excluding ortho intramolecular Hbond substituents is 1. The molecule has 6 nitrogen and oxygen atoms in total. The van der Waals surface area contributed by atoms with Gasteiger partial charge in [0.2, 0.25) is 5.88 Å². The van der Waals surface area contributed by atoms with Crippen molar-refractivity contribution in [1.29, 1.82) is 5.26 Å². The standard InChI is InChI=1S/C18H17BrN2O4/c1-8-3-12(22)16-13(4-8)25-18(21)10(7-20)15(16)9-5-11(19)17(23)14(6-9)24-2/h5-6,8,15,23H,3-4,21H2,1-2H3/t8-,15-/m0/s1. The van der Waals surface area contributed by atoms with E-state index in [1.54, 1.807) is 12.1 Å². The third kappa shape index (κ3) is 2.87. The predicted octanol–water partition coefficient (Wildman–Crippen LogP) is 3.22. The molecule has 1 aliphatic carbocycles. The Balaban J connectivity index is 2.23. The number of methoxy groups -OCH3 is 1. The lowest BCUT2D eigenvalue weighted by Crippen LogP contribution is -2.29. The summed E-state index contributed by atoms with van der Waals surface area (Å²) >= 11 is 3.28. The number of Topliss-reactive ketones (excluding diaryl/α,β-unsaturated/α-hetero) is 1. The highest BCUT2D eigenvalue weighted by Gasteiger charge is 2.40. The summed E-state index contributed by atoms with van der Waals surface area (Å²) in [6.45, 7) is 1.97. The molecule has 7 heteroatoms. The van der Waals surface area contributed by atoms with Gasteiger partial charge in [-0.2, -0.15) is 5.26 Å². The van der Waals surface area contributed by atoms with Crippen molar-refractivity contribution < 1.29 is 19.4 Å². The molecule has 0 spiro atoms. The van der Waals surface area contributed by atoms with Crippen molar-refractivity contribution in [2.24, 2.45) is 11.7 Å². The van der Waals surface area contributed by atoms with Crippen LogP contribution in [0.4, 0.5) is 0 Å². The molecule has 1 heterocycles. The molecule has 2 aliphatic rings. The minimum atomic E-state index is -0.639. The molecule has 0 saturated heterocycles. The molecule has 130 valence electrons. The number of halogens is 1. The van der Waals surface area contributed by atoms with Crippen molar-refractivity contribution in [3.8, 4) is 17.6 Å². The fourth-order valence-electron chi connectivity index (χ4n) is 3.34. The quantitative estimate of drug-likeness (QED) is 0.783. The van der Waals surface area contributed by atoms with E-state index in [4.69, 9.17) is 15.2 Å². The second-order valence-electron chi connectivity index (χ2n) is 6.25. The summed E-state index contributed by atoms with van der Waals surface area (Å²) in [7, 11) is 1.43. The summed E-state index contributed by atoms with van der Waals surface area (Å²) in [6.07, 6.45) is 0.987. The molecule has 0 unspecified atom stereocenters. The second-order valence-corrected chi connectivity index (χ2v) is 7.11. The molecule has 0 aromatic heterocycles. The number of hydrogen-bond donors (Lipinski definition) is 2. The van der Waals surface area contributed by atoms with Gasteiger partial charge < -0.3 is 20.3 Å². The Hall–Kier alpha value is -2.46. The molecular weight excluding hydrogens is 388 g/mol. The van der Waals surface area contributed by atoms with Gasteiger partial charge in [-0.3, -0.25) is 4.79 Å². The van der Waals surface area contributed by atoms with E-state index in [0.717, 1.165) is 0 Å². The molecule has 0 fully saturated rings. The number of nitrogens with two attached hydrogens (primary N) is 1. The molecular formula is C18H17BrN2O4. The summed E-state index contributed by atoms with van der Waals surface area (Å²) in [4.78, 5) is 12.7. The van der Waals surface area contributed by atoms with Crippen molar-refractivity contribution in [1.82, 2.24) is 0 Å². The Morgan fingerprint density at radius 3 is 2.80 bits per heavy atom. The van der Waals surface area contributed by atoms with Gasteiger partial charge in [0.1, 0.15) is 17.4 Å². The van der Waals surface area contributed by atoms with Crippen LogP contribution in [0.15, 0.2) is 39.4 Å². The minimum Gasteiger partial charge on any atom is -0.503 e. The van der Waals surface area contributed by atoms with Crippen LogP contribution in [0.1, 0.15) is 31.2 Å². The zero-order valence-electron chi connectivity index (χ0n) is 13.8. The summed E-state index contributed by atoms with van der Waals surface area (Å²) in [6, 6.07) is 5.33. The number of aromatic hydroxyl groups is 1. The molecule has 0 bridgehead atoms. The van der Waals surface area contributed by atoms with Crippen LogP contribution < -0.4 is 10.5 Å². The number of carbonyl (C=O) groups is 1. The summed E-state index contributed by atoms with van der Waals surface area (Å²) in [5, 5.41) is 19.6. The monoisotopic (exact) mass is 404 g/mol. The number of ketones is 1. The van der Waals surface area contributed by atoms with Crippen LogP contribution in [0.2, 0.25) is 0 Å². The van der Waals surface area contributed by atoms with Crippen molar-refractivity contribution in [2.75, 3.05) is 7.11 Å². The maximum absolute atomic E-state index is 12.7. The normalized spacial score (nSPS) is 23.0. The van der Waals surface area contributed by atoms with Gasteiger partial charge in [-0.05, 0) is 39.5 Å². The highest BCUT2D eigenvalue weighted by Crippen LogP contribution is 2.47. The maximum Gasteiger partial charge on any atom is 0.205 e. The fourth-order valence-corrected chi connectivity index (χ4v) is 3.80. The first-order valence-corrected chi connectivity index (χ1v) is 8.56. The van der Waals surface area contributed by atoms with Crippen molar-refractivity contribution in [3.63, 3.8) is 0 Å². The molecule has 1 aromatic rings.